The van der Waals surface area contributed by atoms with E-state index in [1.807, 2.05) is 13.8 Å². The van der Waals surface area contributed by atoms with Crippen molar-refractivity contribution in [3.05, 3.63) is 82.5 Å². The zero-order valence-corrected chi connectivity index (χ0v) is 15.4. The zero-order valence-electron chi connectivity index (χ0n) is 15.4. The monoisotopic (exact) mass is 296 g/mol. The van der Waals surface area contributed by atoms with E-state index in [-0.39, 0.29) is 0 Å². The van der Waals surface area contributed by atoms with Crippen molar-refractivity contribution < 1.29 is 0 Å². The standard InChI is InChI=1S/C20H26.C2H6/c1-6-7-20(18(5)11-8-16(2)3)15-14-19-12-9-17(4)10-13-19;1-2/h6-13,15H,14H2,1-5H3;1-2H3/b7-6-,18-11+,20-15+;. The molecule has 0 heterocycles. The number of hydrogen-bond donors (Lipinski definition) is 0. The molecule has 120 valence electrons. The summed E-state index contributed by atoms with van der Waals surface area (Å²) in [5, 5.41) is 0. The van der Waals surface area contributed by atoms with Crippen LogP contribution in [0.25, 0.3) is 0 Å². The second-order valence-corrected chi connectivity index (χ2v) is 5.44. The van der Waals surface area contributed by atoms with E-state index < -0.39 is 0 Å². The van der Waals surface area contributed by atoms with Gasteiger partial charge in [-0.25, -0.2) is 0 Å². The maximum atomic E-state index is 2.30. The maximum Gasteiger partial charge on any atom is -0.00884 e. The number of benzene rings is 1. The normalized spacial score (nSPS) is 12.0. The largest absolute Gasteiger partial charge is 0.0871 e. The second kappa shape index (κ2) is 11.8. The Morgan fingerprint density at radius 2 is 1.55 bits per heavy atom. The number of allylic oxidation sites excluding steroid dienone is 8. The predicted molar refractivity (Wildman–Crippen MR) is 102 cm³/mol. The minimum atomic E-state index is 0.972. The Balaban J connectivity index is 0.00000211. The molecule has 0 saturated heterocycles. The molecule has 0 fully saturated rings. The van der Waals surface area contributed by atoms with Gasteiger partial charge in [-0.3, -0.25) is 0 Å². The smallest absolute Gasteiger partial charge is 0.00884 e. The van der Waals surface area contributed by atoms with Crippen molar-refractivity contribution in [1.29, 1.82) is 0 Å². The number of aryl methyl sites for hydroxylation is 1. The Labute approximate surface area is 138 Å². The predicted octanol–water partition coefficient (Wildman–Crippen LogP) is 6.98. The molecule has 1 aromatic rings. The van der Waals surface area contributed by atoms with Gasteiger partial charge in [0.05, 0.1) is 0 Å². The van der Waals surface area contributed by atoms with Crippen molar-refractivity contribution in [1.82, 2.24) is 0 Å². The maximum absolute atomic E-state index is 2.30. The fourth-order valence-electron chi connectivity index (χ4n) is 1.88. The fraction of sp³-hybridized carbons (Fsp3) is 0.364. The highest BCUT2D eigenvalue weighted by atomic mass is 14.0. The van der Waals surface area contributed by atoms with Gasteiger partial charge in [0.15, 0.2) is 0 Å². The van der Waals surface area contributed by atoms with Crippen LogP contribution in [0.3, 0.4) is 0 Å². The van der Waals surface area contributed by atoms with Crippen LogP contribution in [-0.4, -0.2) is 0 Å². The highest BCUT2D eigenvalue weighted by molar-refractivity contribution is 5.41. The van der Waals surface area contributed by atoms with E-state index >= 15 is 0 Å². The van der Waals surface area contributed by atoms with E-state index in [1.54, 1.807) is 0 Å². The van der Waals surface area contributed by atoms with Gasteiger partial charge in [-0.15, -0.1) is 0 Å². The highest BCUT2D eigenvalue weighted by Gasteiger charge is 1.96. The average molecular weight is 296 g/mol. The van der Waals surface area contributed by atoms with E-state index in [2.05, 4.69) is 89.3 Å². The molecule has 0 atom stereocenters. The van der Waals surface area contributed by atoms with Crippen LogP contribution in [0.2, 0.25) is 0 Å². The van der Waals surface area contributed by atoms with Crippen LogP contribution in [0.5, 0.6) is 0 Å². The summed E-state index contributed by atoms with van der Waals surface area (Å²) in [4.78, 5) is 0. The molecule has 0 aliphatic rings. The summed E-state index contributed by atoms with van der Waals surface area (Å²) in [6.07, 6.45) is 11.9. The lowest BCUT2D eigenvalue weighted by Gasteiger charge is -2.04. The summed E-state index contributed by atoms with van der Waals surface area (Å²) in [5.74, 6) is 0. The van der Waals surface area contributed by atoms with Crippen LogP contribution in [0.1, 0.15) is 52.7 Å². The third kappa shape index (κ3) is 8.46. The fourth-order valence-corrected chi connectivity index (χ4v) is 1.88. The van der Waals surface area contributed by atoms with E-state index in [0.717, 1.165) is 6.42 Å². The molecule has 0 bridgehead atoms. The third-order valence-corrected chi connectivity index (χ3v) is 3.15. The van der Waals surface area contributed by atoms with Gasteiger partial charge in [-0.05, 0) is 57.7 Å². The summed E-state index contributed by atoms with van der Waals surface area (Å²) < 4.78 is 0. The quantitative estimate of drug-likeness (QED) is 0.514. The van der Waals surface area contributed by atoms with Crippen molar-refractivity contribution in [2.24, 2.45) is 0 Å². The van der Waals surface area contributed by atoms with Gasteiger partial charge in [0.1, 0.15) is 0 Å². The van der Waals surface area contributed by atoms with Crippen molar-refractivity contribution >= 4 is 0 Å². The molecule has 1 aromatic carbocycles. The molecular formula is C22H32. The molecule has 0 radical (unpaired) electrons. The lowest BCUT2D eigenvalue weighted by molar-refractivity contribution is 1.23. The van der Waals surface area contributed by atoms with Crippen LogP contribution in [-0.2, 0) is 6.42 Å². The minimum absolute atomic E-state index is 0.972. The molecule has 0 N–H and O–H groups in total. The van der Waals surface area contributed by atoms with Gasteiger partial charge in [0.2, 0.25) is 0 Å². The molecule has 1 rings (SSSR count). The minimum Gasteiger partial charge on any atom is -0.0871 e. The van der Waals surface area contributed by atoms with Crippen molar-refractivity contribution in [2.45, 2.75) is 54.9 Å². The summed E-state index contributed by atoms with van der Waals surface area (Å²) in [6, 6.07) is 8.75. The van der Waals surface area contributed by atoms with Crippen LogP contribution >= 0.6 is 0 Å². The molecule has 0 aromatic heterocycles. The lowest BCUT2D eigenvalue weighted by atomic mass is 10.0. The Morgan fingerprint density at radius 1 is 0.955 bits per heavy atom. The first-order valence-corrected chi connectivity index (χ1v) is 8.23. The van der Waals surface area contributed by atoms with Crippen LogP contribution < -0.4 is 0 Å². The van der Waals surface area contributed by atoms with Gasteiger partial charge in [0, 0.05) is 0 Å². The Morgan fingerprint density at radius 3 is 2.05 bits per heavy atom. The van der Waals surface area contributed by atoms with Crippen molar-refractivity contribution in [3.8, 4) is 0 Å². The lowest BCUT2D eigenvalue weighted by Crippen LogP contribution is -1.86. The Kier molecular flexibility index (Phi) is 10.8. The summed E-state index contributed by atoms with van der Waals surface area (Å²) in [6.45, 7) is 14.6. The number of hydrogen-bond acceptors (Lipinski definition) is 0. The van der Waals surface area contributed by atoms with E-state index in [1.165, 1.54) is 27.8 Å². The first-order chi connectivity index (χ1) is 10.5. The molecule has 0 aliphatic heterocycles. The van der Waals surface area contributed by atoms with Crippen LogP contribution in [0.4, 0.5) is 0 Å². The molecule has 0 heteroatoms. The van der Waals surface area contributed by atoms with Gasteiger partial charge in [0.25, 0.3) is 0 Å². The zero-order chi connectivity index (χ0) is 17.0. The molecule has 0 nitrogen and oxygen atoms in total. The topological polar surface area (TPSA) is 0 Å². The molecular weight excluding hydrogens is 264 g/mol. The SMILES string of the molecule is CC.C\C=C/C(=C\Cc1ccc(C)cc1)C(/C)=C/C=C(C)C. The first kappa shape index (κ1) is 20.2. The van der Waals surface area contributed by atoms with E-state index in [0.29, 0.717) is 0 Å². The van der Waals surface area contributed by atoms with Crippen molar-refractivity contribution in [3.63, 3.8) is 0 Å². The van der Waals surface area contributed by atoms with Crippen molar-refractivity contribution in [2.75, 3.05) is 0 Å². The average Bonchev–Trinajstić information content (AvgIpc) is 2.52. The van der Waals surface area contributed by atoms with Gasteiger partial charge >= 0.3 is 0 Å². The summed E-state index contributed by atoms with van der Waals surface area (Å²) in [7, 11) is 0. The Bertz CT molecular complexity index is 530. The number of rotatable bonds is 5. The molecule has 0 saturated carbocycles. The van der Waals surface area contributed by atoms with Crippen LogP contribution in [0, 0.1) is 6.92 Å². The molecule has 0 unspecified atom stereocenters. The molecule has 22 heavy (non-hydrogen) atoms. The second-order valence-electron chi connectivity index (χ2n) is 5.44. The van der Waals surface area contributed by atoms with E-state index in [4.69, 9.17) is 0 Å². The van der Waals surface area contributed by atoms with E-state index in [9.17, 15) is 0 Å². The molecule has 0 aliphatic carbocycles. The molecule has 0 spiro atoms. The van der Waals surface area contributed by atoms with Crippen LogP contribution in [0.15, 0.2) is 71.4 Å². The summed E-state index contributed by atoms with van der Waals surface area (Å²) in [5.41, 5.74) is 6.59. The highest BCUT2D eigenvalue weighted by Crippen LogP contribution is 2.14. The Hall–Kier alpha value is -1.82. The summed E-state index contributed by atoms with van der Waals surface area (Å²) >= 11 is 0. The van der Waals surface area contributed by atoms with Gasteiger partial charge in [-0.2, -0.15) is 0 Å². The van der Waals surface area contributed by atoms with Gasteiger partial charge in [-0.1, -0.05) is 79.6 Å². The third-order valence-electron chi connectivity index (χ3n) is 3.15. The van der Waals surface area contributed by atoms with Gasteiger partial charge < -0.3 is 0 Å². The first-order valence-electron chi connectivity index (χ1n) is 8.23. The molecule has 0 amide bonds.